The number of amides is 1. The van der Waals surface area contributed by atoms with Gasteiger partial charge in [-0.25, -0.2) is 4.79 Å². The summed E-state index contributed by atoms with van der Waals surface area (Å²) in [5, 5.41) is 0. The van der Waals surface area contributed by atoms with Crippen molar-refractivity contribution in [2.75, 3.05) is 40.6 Å². The number of methoxy groups -OCH3 is 2. The van der Waals surface area contributed by atoms with Crippen LogP contribution in [0.1, 0.15) is 28.8 Å². The molecule has 3 rings (SSSR count). The summed E-state index contributed by atoms with van der Waals surface area (Å²) in [5.74, 6) is 0.294. The molecule has 2 aliphatic rings. The third-order valence-corrected chi connectivity index (χ3v) is 4.80. The van der Waals surface area contributed by atoms with Crippen LogP contribution < -0.4 is 4.74 Å². The fourth-order valence-electron chi connectivity index (χ4n) is 3.42. The maximum Gasteiger partial charge on any atom is 0.337 e. The van der Waals surface area contributed by atoms with Gasteiger partial charge in [-0.1, -0.05) is 6.07 Å². The van der Waals surface area contributed by atoms with E-state index in [1.807, 2.05) is 11.0 Å². The summed E-state index contributed by atoms with van der Waals surface area (Å²) in [7, 11) is 2.95. The van der Waals surface area contributed by atoms with Crippen LogP contribution in [0.3, 0.4) is 0 Å². The molecular formula is C19H25NO6. The number of benzene rings is 1. The highest BCUT2D eigenvalue weighted by Gasteiger charge is 2.31. The Morgan fingerprint density at radius 1 is 1.23 bits per heavy atom. The molecule has 0 aromatic heterocycles. The van der Waals surface area contributed by atoms with Crippen LogP contribution in [-0.4, -0.2) is 63.5 Å². The number of fused-ring (bicyclic) bond motifs is 1. The summed E-state index contributed by atoms with van der Waals surface area (Å²) in [5.41, 5.74) is 1.29. The molecule has 7 heteroatoms. The van der Waals surface area contributed by atoms with E-state index in [4.69, 9.17) is 18.9 Å². The number of ether oxygens (including phenoxy) is 4. The smallest absolute Gasteiger partial charge is 0.337 e. The quantitative estimate of drug-likeness (QED) is 0.757. The van der Waals surface area contributed by atoms with Gasteiger partial charge in [0.15, 0.2) is 0 Å². The van der Waals surface area contributed by atoms with Crippen LogP contribution in [0.5, 0.6) is 5.75 Å². The molecule has 0 aliphatic carbocycles. The summed E-state index contributed by atoms with van der Waals surface area (Å²) in [6, 6.07) is 5.19. The van der Waals surface area contributed by atoms with E-state index in [0.29, 0.717) is 44.2 Å². The van der Waals surface area contributed by atoms with Crippen molar-refractivity contribution in [1.29, 1.82) is 0 Å². The van der Waals surface area contributed by atoms with Crippen LogP contribution in [0.2, 0.25) is 0 Å². The van der Waals surface area contributed by atoms with Crippen LogP contribution in [-0.2, 0) is 25.5 Å². The minimum Gasteiger partial charge on any atom is -0.486 e. The van der Waals surface area contributed by atoms with Gasteiger partial charge in [0.25, 0.3) is 0 Å². The second-order valence-corrected chi connectivity index (χ2v) is 6.61. The summed E-state index contributed by atoms with van der Waals surface area (Å²) in [6.45, 7) is 2.52. The third-order valence-electron chi connectivity index (χ3n) is 4.80. The molecule has 1 saturated heterocycles. The first-order valence-electron chi connectivity index (χ1n) is 8.85. The first-order valence-corrected chi connectivity index (χ1v) is 8.85. The maximum absolute atomic E-state index is 13.0. The molecule has 142 valence electrons. The molecule has 1 amide bonds. The van der Waals surface area contributed by atoms with E-state index >= 15 is 0 Å². The van der Waals surface area contributed by atoms with Crippen LogP contribution in [0.15, 0.2) is 18.2 Å². The van der Waals surface area contributed by atoms with Gasteiger partial charge >= 0.3 is 5.97 Å². The van der Waals surface area contributed by atoms with Crippen molar-refractivity contribution >= 4 is 11.9 Å². The van der Waals surface area contributed by atoms with Crippen molar-refractivity contribution < 1.29 is 28.5 Å². The maximum atomic E-state index is 13.0. The van der Waals surface area contributed by atoms with Gasteiger partial charge in [-0.3, -0.25) is 4.79 Å². The molecule has 26 heavy (non-hydrogen) atoms. The highest BCUT2D eigenvalue weighted by molar-refractivity contribution is 5.90. The van der Waals surface area contributed by atoms with Crippen molar-refractivity contribution in [3.8, 4) is 5.75 Å². The Bertz CT molecular complexity index is 655. The SMILES string of the molecule is COCC1CN(C(=O)C2CCOCC2)Cc2ccc(C(=O)OC)cc2O1. The minimum absolute atomic E-state index is 0.0113. The van der Waals surface area contributed by atoms with Crippen LogP contribution in [0.25, 0.3) is 0 Å². The summed E-state index contributed by atoms with van der Waals surface area (Å²) in [6.07, 6.45) is 1.20. The highest BCUT2D eigenvalue weighted by Crippen LogP contribution is 2.29. The zero-order valence-electron chi connectivity index (χ0n) is 15.2. The molecule has 1 atom stereocenters. The van der Waals surface area contributed by atoms with Crippen molar-refractivity contribution in [3.05, 3.63) is 29.3 Å². The Labute approximate surface area is 153 Å². The Hall–Kier alpha value is -2.12. The molecule has 0 saturated carbocycles. The molecule has 1 aromatic rings. The van der Waals surface area contributed by atoms with Crippen molar-refractivity contribution in [3.63, 3.8) is 0 Å². The second-order valence-electron chi connectivity index (χ2n) is 6.61. The molecule has 0 radical (unpaired) electrons. The van der Waals surface area contributed by atoms with Gasteiger partial charge in [0.1, 0.15) is 11.9 Å². The van der Waals surface area contributed by atoms with Crippen molar-refractivity contribution in [1.82, 2.24) is 4.90 Å². The molecule has 2 aliphatic heterocycles. The lowest BCUT2D eigenvalue weighted by Crippen LogP contribution is -2.43. The van der Waals surface area contributed by atoms with E-state index in [1.54, 1.807) is 19.2 Å². The summed E-state index contributed by atoms with van der Waals surface area (Å²) in [4.78, 5) is 26.6. The molecule has 2 heterocycles. The van der Waals surface area contributed by atoms with Gasteiger partial charge in [0, 0.05) is 38.3 Å². The van der Waals surface area contributed by atoms with Crippen molar-refractivity contribution in [2.24, 2.45) is 5.92 Å². The normalized spacial score (nSPS) is 20.7. The zero-order valence-corrected chi connectivity index (χ0v) is 15.2. The van der Waals surface area contributed by atoms with Gasteiger partial charge in [-0.2, -0.15) is 0 Å². The van der Waals surface area contributed by atoms with Gasteiger partial charge in [0.05, 0.1) is 25.8 Å². The minimum atomic E-state index is -0.418. The Balaban J connectivity index is 1.84. The topological polar surface area (TPSA) is 74.3 Å². The number of carbonyl (C=O) groups excluding carboxylic acids is 2. The second kappa shape index (κ2) is 8.51. The Kier molecular flexibility index (Phi) is 6.11. The first kappa shape index (κ1) is 18.7. The Morgan fingerprint density at radius 2 is 2.00 bits per heavy atom. The molecule has 1 fully saturated rings. The predicted octanol–water partition coefficient (Wildman–Crippen LogP) is 1.64. The third kappa shape index (κ3) is 4.16. The number of hydrogen-bond donors (Lipinski definition) is 0. The lowest BCUT2D eigenvalue weighted by molar-refractivity contribution is -0.140. The van der Waals surface area contributed by atoms with Gasteiger partial charge in [0.2, 0.25) is 5.91 Å². The average molecular weight is 363 g/mol. The number of rotatable bonds is 4. The largest absolute Gasteiger partial charge is 0.486 e. The van der Waals surface area contributed by atoms with E-state index in [9.17, 15) is 9.59 Å². The molecule has 1 unspecified atom stereocenters. The van der Waals surface area contributed by atoms with Gasteiger partial charge in [-0.05, 0) is 25.0 Å². The molecule has 7 nitrogen and oxygen atoms in total. The molecular weight excluding hydrogens is 338 g/mol. The molecule has 0 N–H and O–H groups in total. The Morgan fingerprint density at radius 3 is 2.69 bits per heavy atom. The van der Waals surface area contributed by atoms with Crippen LogP contribution in [0.4, 0.5) is 0 Å². The van der Waals surface area contributed by atoms with Crippen molar-refractivity contribution in [2.45, 2.75) is 25.5 Å². The standard InChI is InChI=1S/C19H25NO6/c1-23-12-16-11-20(18(21)13-5-7-25-8-6-13)10-15-4-3-14(19(22)24-2)9-17(15)26-16/h3-4,9,13,16H,5-8,10-12H2,1-2H3. The number of hydrogen-bond acceptors (Lipinski definition) is 6. The number of nitrogens with zero attached hydrogens (tertiary/aromatic N) is 1. The van der Waals surface area contributed by atoms with Crippen LogP contribution in [0, 0.1) is 5.92 Å². The predicted molar refractivity (Wildman–Crippen MR) is 93.0 cm³/mol. The first-order chi connectivity index (χ1) is 12.6. The summed E-state index contributed by atoms with van der Waals surface area (Å²) >= 11 is 0. The lowest BCUT2D eigenvalue weighted by atomic mass is 9.98. The average Bonchev–Trinajstić information content (AvgIpc) is 2.86. The van der Waals surface area contributed by atoms with E-state index in [-0.39, 0.29) is 17.9 Å². The lowest BCUT2D eigenvalue weighted by Gasteiger charge is -2.29. The summed E-state index contributed by atoms with van der Waals surface area (Å²) < 4.78 is 21.4. The van der Waals surface area contributed by atoms with E-state index in [2.05, 4.69) is 0 Å². The van der Waals surface area contributed by atoms with Gasteiger partial charge in [-0.15, -0.1) is 0 Å². The van der Waals surface area contributed by atoms with E-state index in [0.717, 1.165) is 18.4 Å². The molecule has 0 bridgehead atoms. The number of esters is 1. The fraction of sp³-hybridized carbons (Fsp3) is 0.579. The number of carbonyl (C=O) groups is 2. The zero-order chi connectivity index (χ0) is 18.5. The molecule has 0 spiro atoms. The van der Waals surface area contributed by atoms with E-state index < -0.39 is 5.97 Å². The van der Waals surface area contributed by atoms with E-state index in [1.165, 1.54) is 7.11 Å². The van der Waals surface area contributed by atoms with Crippen LogP contribution >= 0.6 is 0 Å². The van der Waals surface area contributed by atoms with Gasteiger partial charge < -0.3 is 23.8 Å². The fourth-order valence-corrected chi connectivity index (χ4v) is 3.42. The highest BCUT2D eigenvalue weighted by atomic mass is 16.5. The monoisotopic (exact) mass is 363 g/mol. The molecule has 1 aromatic carbocycles.